The first kappa shape index (κ1) is 33.2. The minimum atomic E-state index is -0.296. The highest BCUT2D eigenvalue weighted by Gasteiger charge is 2.27. The zero-order valence-electron chi connectivity index (χ0n) is 26.7. The summed E-state index contributed by atoms with van der Waals surface area (Å²) in [7, 11) is 2.09. The van der Waals surface area contributed by atoms with Gasteiger partial charge in [0.25, 0.3) is 0 Å². The van der Waals surface area contributed by atoms with Crippen LogP contribution in [0.3, 0.4) is 0 Å². The normalized spacial score (nSPS) is 20.5. The van der Waals surface area contributed by atoms with E-state index in [0.717, 1.165) is 70.2 Å². The number of hydrogen-bond acceptors (Lipinski definition) is 8. The minimum Gasteiger partial charge on any atom is -0.448 e. The number of hydrogen-bond donors (Lipinski definition) is 4. The maximum absolute atomic E-state index is 12.6. The van der Waals surface area contributed by atoms with Crippen molar-refractivity contribution < 1.29 is 14.3 Å². The van der Waals surface area contributed by atoms with E-state index >= 15 is 0 Å². The van der Waals surface area contributed by atoms with Gasteiger partial charge in [-0.2, -0.15) is 0 Å². The number of ether oxygens (including phenoxy) is 1. The highest BCUT2D eigenvalue weighted by molar-refractivity contribution is 7.97. The van der Waals surface area contributed by atoms with Crippen molar-refractivity contribution in [2.24, 2.45) is 0 Å². The number of nitrogens with zero attached hydrogens (tertiary/aromatic N) is 2. The molecule has 5 rings (SSSR count). The molecule has 1 atom stereocenters. The molecule has 0 radical (unpaired) electrons. The molecule has 45 heavy (non-hydrogen) atoms. The van der Waals surface area contributed by atoms with E-state index in [1.165, 1.54) is 6.42 Å². The average Bonchev–Trinajstić information content (AvgIpc) is 3.68. The topological polar surface area (TPSA) is 108 Å². The van der Waals surface area contributed by atoms with Crippen molar-refractivity contribution >= 4 is 41.1 Å². The molecule has 2 heterocycles. The van der Waals surface area contributed by atoms with E-state index < -0.39 is 0 Å². The Hall–Kier alpha value is -3.12. The van der Waals surface area contributed by atoms with Crippen molar-refractivity contribution in [1.29, 1.82) is 0 Å². The number of anilines is 1. The molecule has 11 heteroatoms. The smallest absolute Gasteiger partial charge is 0.407 e. The largest absolute Gasteiger partial charge is 0.448 e. The Kier molecular flexibility index (Phi) is 11.4. The van der Waals surface area contributed by atoms with Gasteiger partial charge in [0.05, 0.1) is 9.88 Å². The SMILES string of the molecule is CN1CCC[C@@H]1COC(=O)NC1CCC(c2ncc(-c3ccc(NC(=O)NCc4ccccc4)cc3SNC(C)(C)C)s2)CC1. The van der Waals surface area contributed by atoms with Crippen LogP contribution < -0.4 is 20.7 Å². The molecule has 0 unspecified atom stereocenters. The quantitative estimate of drug-likeness (QED) is 0.170. The number of alkyl carbamates (subject to hydrolysis) is 1. The van der Waals surface area contributed by atoms with Crippen molar-refractivity contribution in [2.75, 3.05) is 25.5 Å². The molecule has 2 fully saturated rings. The lowest BCUT2D eigenvalue weighted by molar-refractivity contribution is 0.110. The molecule has 2 aromatic carbocycles. The van der Waals surface area contributed by atoms with Crippen LogP contribution in [0.25, 0.3) is 10.4 Å². The van der Waals surface area contributed by atoms with Crippen LogP contribution in [-0.2, 0) is 11.3 Å². The summed E-state index contributed by atoms with van der Waals surface area (Å²) in [5.41, 5.74) is 2.77. The number of urea groups is 1. The number of carbonyl (C=O) groups is 2. The molecule has 1 aliphatic carbocycles. The fraction of sp³-hybridized carbons (Fsp3) is 0.500. The predicted molar refractivity (Wildman–Crippen MR) is 184 cm³/mol. The molecule has 1 aliphatic heterocycles. The standard InChI is InChI=1S/C34H46N6O3S2/c1-34(2,3)39-45-29-19-26(37-32(41)36-20-23-9-6-5-7-10-23)16-17-28(29)30-21-35-31(44-30)24-12-14-25(15-13-24)38-33(42)43-22-27-11-8-18-40(27)4/h5-7,9-10,16-17,19,21,24-25,27,39H,8,11-15,18,20,22H2,1-4H3,(H,38,42)(H2,36,37,41)/t24?,25?,27-/m1/s1. The minimum absolute atomic E-state index is 0.0940. The Morgan fingerprint density at radius 1 is 1.07 bits per heavy atom. The van der Waals surface area contributed by atoms with E-state index in [-0.39, 0.29) is 23.7 Å². The van der Waals surface area contributed by atoms with Gasteiger partial charge in [-0.3, -0.25) is 4.72 Å². The van der Waals surface area contributed by atoms with Gasteiger partial charge in [0, 0.05) is 52.4 Å². The number of rotatable bonds is 10. The Morgan fingerprint density at radius 2 is 1.84 bits per heavy atom. The van der Waals surface area contributed by atoms with Gasteiger partial charge in [-0.25, -0.2) is 14.6 Å². The van der Waals surface area contributed by atoms with Crippen molar-refractivity contribution in [3.8, 4) is 10.4 Å². The zero-order valence-corrected chi connectivity index (χ0v) is 28.4. The highest BCUT2D eigenvalue weighted by Crippen LogP contribution is 2.41. The summed E-state index contributed by atoms with van der Waals surface area (Å²) < 4.78 is 9.06. The van der Waals surface area contributed by atoms with Gasteiger partial charge in [0.2, 0.25) is 0 Å². The lowest BCUT2D eigenvalue weighted by atomic mass is 9.86. The van der Waals surface area contributed by atoms with Crippen molar-refractivity contribution in [3.63, 3.8) is 0 Å². The molecule has 4 N–H and O–H groups in total. The first-order valence-electron chi connectivity index (χ1n) is 15.9. The summed E-state index contributed by atoms with van der Waals surface area (Å²) in [6, 6.07) is 16.1. The van der Waals surface area contributed by atoms with Crippen LogP contribution >= 0.6 is 23.3 Å². The third-order valence-electron chi connectivity index (χ3n) is 8.27. The summed E-state index contributed by atoms with van der Waals surface area (Å²) in [6.07, 6.45) is 7.73. The van der Waals surface area contributed by atoms with Crippen LogP contribution in [0.4, 0.5) is 15.3 Å². The number of likely N-dealkylation sites (N-methyl/N-ethyl adjacent to an activating group) is 1. The lowest BCUT2D eigenvalue weighted by Gasteiger charge is -2.28. The van der Waals surface area contributed by atoms with Crippen LogP contribution in [0.5, 0.6) is 0 Å². The van der Waals surface area contributed by atoms with Gasteiger partial charge in [-0.1, -0.05) is 36.4 Å². The first-order chi connectivity index (χ1) is 21.6. The second-order valence-electron chi connectivity index (χ2n) is 13.1. The molecule has 1 aromatic heterocycles. The number of nitrogens with one attached hydrogen (secondary N) is 4. The summed E-state index contributed by atoms with van der Waals surface area (Å²) in [5.74, 6) is 0.378. The van der Waals surface area contributed by atoms with Gasteiger partial charge in [-0.05, 0) is 103 Å². The van der Waals surface area contributed by atoms with Crippen molar-refractivity contribution in [3.05, 3.63) is 65.3 Å². The predicted octanol–water partition coefficient (Wildman–Crippen LogP) is 7.37. The Labute approximate surface area is 275 Å². The van der Waals surface area contributed by atoms with Gasteiger partial charge in [0.15, 0.2) is 0 Å². The van der Waals surface area contributed by atoms with Crippen LogP contribution in [-0.4, -0.2) is 59.8 Å². The van der Waals surface area contributed by atoms with Crippen LogP contribution in [0.15, 0.2) is 59.6 Å². The summed E-state index contributed by atoms with van der Waals surface area (Å²) in [4.78, 5) is 34.3. The fourth-order valence-corrected chi connectivity index (χ4v) is 7.79. The molecular weight excluding hydrogens is 605 g/mol. The lowest BCUT2D eigenvalue weighted by Crippen LogP contribution is -2.39. The number of aromatic nitrogens is 1. The zero-order chi connectivity index (χ0) is 31.8. The Morgan fingerprint density at radius 3 is 2.56 bits per heavy atom. The molecule has 1 saturated carbocycles. The molecule has 3 aromatic rings. The van der Waals surface area contributed by atoms with E-state index in [0.29, 0.717) is 25.1 Å². The highest BCUT2D eigenvalue weighted by atomic mass is 32.2. The molecule has 9 nitrogen and oxygen atoms in total. The van der Waals surface area contributed by atoms with Crippen LogP contribution in [0, 0.1) is 0 Å². The molecular formula is C34H46N6O3S2. The molecule has 0 bridgehead atoms. The number of thiazole rings is 1. The van der Waals surface area contributed by atoms with Crippen molar-refractivity contribution in [1.82, 2.24) is 25.2 Å². The molecule has 3 amide bonds. The summed E-state index contributed by atoms with van der Waals surface area (Å²) in [6.45, 7) is 8.38. The van der Waals surface area contributed by atoms with Gasteiger partial charge in [0.1, 0.15) is 6.61 Å². The van der Waals surface area contributed by atoms with E-state index in [2.05, 4.69) is 59.5 Å². The number of likely N-dealkylation sites (tertiary alicyclic amines) is 1. The average molecular weight is 651 g/mol. The van der Waals surface area contributed by atoms with Gasteiger partial charge in [-0.15, -0.1) is 11.3 Å². The van der Waals surface area contributed by atoms with Gasteiger partial charge < -0.3 is 25.6 Å². The monoisotopic (exact) mass is 650 g/mol. The van der Waals surface area contributed by atoms with E-state index in [4.69, 9.17) is 9.72 Å². The van der Waals surface area contributed by atoms with E-state index in [9.17, 15) is 9.59 Å². The van der Waals surface area contributed by atoms with E-state index in [1.54, 1.807) is 23.3 Å². The number of carbonyl (C=O) groups excluding carboxylic acids is 2. The maximum Gasteiger partial charge on any atom is 0.407 e. The number of benzene rings is 2. The summed E-state index contributed by atoms with van der Waals surface area (Å²) >= 11 is 3.30. The second kappa shape index (κ2) is 15.4. The first-order valence-corrected chi connectivity index (χ1v) is 17.5. The van der Waals surface area contributed by atoms with Crippen molar-refractivity contribution in [2.45, 2.75) is 94.3 Å². The maximum atomic E-state index is 12.6. The fourth-order valence-electron chi connectivity index (χ4n) is 5.71. The summed E-state index contributed by atoms with van der Waals surface area (Å²) in [5, 5.41) is 10.1. The van der Waals surface area contributed by atoms with Gasteiger partial charge >= 0.3 is 12.1 Å². The Balaban J connectivity index is 1.17. The molecule has 1 saturated heterocycles. The second-order valence-corrected chi connectivity index (χ2v) is 15.0. The van der Waals surface area contributed by atoms with Crippen LogP contribution in [0.2, 0.25) is 0 Å². The van der Waals surface area contributed by atoms with Crippen LogP contribution in [0.1, 0.15) is 75.8 Å². The third kappa shape index (κ3) is 9.93. The Bertz CT molecular complexity index is 1420. The third-order valence-corrected chi connectivity index (χ3v) is 10.7. The molecule has 2 aliphatic rings. The van der Waals surface area contributed by atoms with E-state index in [1.807, 2.05) is 48.7 Å². The molecule has 0 spiro atoms. The molecule has 242 valence electrons. The number of amides is 3.